The van der Waals surface area contributed by atoms with Gasteiger partial charge in [-0.1, -0.05) is 42.8 Å². The third-order valence-corrected chi connectivity index (χ3v) is 6.39. The first-order valence-electron chi connectivity index (χ1n) is 12.4. The van der Waals surface area contributed by atoms with Gasteiger partial charge in [-0.3, -0.25) is 4.79 Å². The number of hydrogen-bond acceptors (Lipinski definition) is 5. The van der Waals surface area contributed by atoms with Gasteiger partial charge in [0.1, 0.15) is 11.7 Å². The highest BCUT2D eigenvalue weighted by Crippen LogP contribution is 2.20. The van der Waals surface area contributed by atoms with Gasteiger partial charge in [0.25, 0.3) is 0 Å². The molecular weight excluding hydrogens is 414 g/mol. The molecule has 2 aliphatic heterocycles. The Morgan fingerprint density at radius 3 is 2.61 bits per heavy atom. The predicted octanol–water partition coefficient (Wildman–Crippen LogP) is 4.75. The Labute approximate surface area is 198 Å². The van der Waals surface area contributed by atoms with Gasteiger partial charge in [-0.25, -0.2) is 4.98 Å². The molecule has 0 amide bonds. The van der Waals surface area contributed by atoms with Gasteiger partial charge in [0.15, 0.2) is 0 Å². The lowest BCUT2D eigenvalue weighted by Gasteiger charge is -2.26. The number of nitrogens with one attached hydrogen (secondary N) is 1. The molecule has 1 unspecified atom stereocenters. The van der Waals surface area contributed by atoms with E-state index in [1.807, 2.05) is 18.2 Å². The summed E-state index contributed by atoms with van der Waals surface area (Å²) >= 11 is 0. The highest BCUT2D eigenvalue weighted by atomic mass is 16.5. The van der Waals surface area contributed by atoms with Crippen molar-refractivity contribution >= 4 is 11.8 Å². The van der Waals surface area contributed by atoms with Gasteiger partial charge in [-0.2, -0.15) is 0 Å². The number of hydrogen-bond donors (Lipinski definition) is 2. The molecule has 2 aliphatic rings. The number of likely N-dealkylation sites (tertiary alicyclic amines) is 1. The highest BCUT2D eigenvalue weighted by Gasteiger charge is 2.18. The molecule has 4 rings (SSSR count). The zero-order valence-electron chi connectivity index (χ0n) is 20.0. The number of aromatic nitrogens is 1. The molecule has 0 aliphatic carbocycles. The molecule has 1 aromatic heterocycles. The van der Waals surface area contributed by atoms with E-state index in [9.17, 15) is 4.79 Å². The van der Waals surface area contributed by atoms with Crippen molar-refractivity contribution < 1.29 is 14.6 Å². The number of fused-ring (bicyclic) bond motifs is 1. The van der Waals surface area contributed by atoms with Crippen LogP contribution in [0.3, 0.4) is 0 Å². The van der Waals surface area contributed by atoms with Gasteiger partial charge < -0.3 is 20.1 Å². The lowest BCUT2D eigenvalue weighted by molar-refractivity contribution is -0.140. The molecule has 0 radical (unpaired) electrons. The summed E-state index contributed by atoms with van der Waals surface area (Å²) in [6, 6.07) is 13.6. The molecule has 6 nitrogen and oxygen atoms in total. The summed E-state index contributed by atoms with van der Waals surface area (Å²) in [5.41, 5.74) is 3.43. The van der Waals surface area contributed by atoms with E-state index in [0.29, 0.717) is 0 Å². The molecule has 0 bridgehead atoms. The van der Waals surface area contributed by atoms with Crippen molar-refractivity contribution in [3.05, 3.63) is 59.3 Å². The van der Waals surface area contributed by atoms with Gasteiger partial charge >= 0.3 is 5.97 Å². The second-order valence-electron chi connectivity index (χ2n) is 8.96. The van der Waals surface area contributed by atoms with Crippen LogP contribution in [0.5, 0.6) is 0 Å². The van der Waals surface area contributed by atoms with Crippen molar-refractivity contribution in [2.24, 2.45) is 0 Å². The fourth-order valence-corrected chi connectivity index (χ4v) is 4.49. The standard InChI is InChI=1S/C17H27N3.C10H12O3/c1-3-12-20(13-4-1)14-5-2-8-16-10-9-15-7-6-11-18-17(15)19-16;1-13-7-9(10(11)12)8-5-3-2-4-6-8/h9-10H,1-8,11-14H2,(H,18,19);2-6,9H,7H2,1H3,(H,11,12). The van der Waals surface area contributed by atoms with E-state index in [1.54, 1.807) is 12.1 Å². The summed E-state index contributed by atoms with van der Waals surface area (Å²) < 4.78 is 4.84. The monoisotopic (exact) mass is 453 g/mol. The molecule has 33 heavy (non-hydrogen) atoms. The molecule has 1 atom stereocenters. The number of unbranched alkanes of at least 4 members (excludes halogenated alkanes) is 1. The number of ether oxygens (including phenoxy) is 1. The second-order valence-corrected chi connectivity index (χ2v) is 8.96. The largest absolute Gasteiger partial charge is 0.481 e. The zero-order valence-corrected chi connectivity index (χ0v) is 20.0. The first kappa shape index (κ1) is 25.2. The minimum absolute atomic E-state index is 0.208. The maximum absolute atomic E-state index is 10.8. The summed E-state index contributed by atoms with van der Waals surface area (Å²) in [4.78, 5) is 18.2. The molecule has 2 aromatic rings. The molecule has 1 aromatic carbocycles. The Morgan fingerprint density at radius 2 is 1.88 bits per heavy atom. The average Bonchev–Trinajstić information content (AvgIpc) is 2.86. The number of aryl methyl sites for hydroxylation is 2. The van der Waals surface area contributed by atoms with Crippen LogP contribution in [0.4, 0.5) is 5.82 Å². The molecule has 1 saturated heterocycles. The van der Waals surface area contributed by atoms with Gasteiger partial charge in [-0.15, -0.1) is 0 Å². The lowest BCUT2D eigenvalue weighted by atomic mass is 10.0. The van der Waals surface area contributed by atoms with Crippen LogP contribution in [0.15, 0.2) is 42.5 Å². The number of piperidine rings is 1. The van der Waals surface area contributed by atoms with E-state index < -0.39 is 11.9 Å². The molecule has 0 saturated carbocycles. The summed E-state index contributed by atoms with van der Waals surface area (Å²) in [6.45, 7) is 5.21. The maximum Gasteiger partial charge on any atom is 0.313 e. The normalized spacial score (nSPS) is 16.6. The third-order valence-electron chi connectivity index (χ3n) is 6.39. The van der Waals surface area contributed by atoms with E-state index in [2.05, 4.69) is 22.3 Å². The van der Waals surface area contributed by atoms with Crippen molar-refractivity contribution in [2.75, 3.05) is 45.2 Å². The summed E-state index contributed by atoms with van der Waals surface area (Å²) in [5, 5.41) is 12.3. The van der Waals surface area contributed by atoms with Crippen LogP contribution < -0.4 is 5.32 Å². The summed E-state index contributed by atoms with van der Waals surface area (Å²) in [7, 11) is 1.50. The minimum Gasteiger partial charge on any atom is -0.481 e. The molecule has 2 N–H and O–H groups in total. The Kier molecular flexibility index (Phi) is 10.7. The number of anilines is 1. The van der Waals surface area contributed by atoms with E-state index in [-0.39, 0.29) is 6.61 Å². The van der Waals surface area contributed by atoms with E-state index in [1.165, 1.54) is 82.9 Å². The van der Waals surface area contributed by atoms with E-state index in [4.69, 9.17) is 14.8 Å². The molecule has 180 valence electrons. The minimum atomic E-state index is -0.854. The van der Waals surface area contributed by atoms with Crippen LogP contribution in [0.1, 0.15) is 61.3 Å². The van der Waals surface area contributed by atoms with Crippen molar-refractivity contribution in [3.63, 3.8) is 0 Å². The highest BCUT2D eigenvalue weighted by molar-refractivity contribution is 5.76. The van der Waals surface area contributed by atoms with Crippen LogP contribution >= 0.6 is 0 Å². The Hall–Kier alpha value is -2.44. The number of nitrogens with zero attached hydrogens (tertiary/aromatic N) is 2. The predicted molar refractivity (Wildman–Crippen MR) is 133 cm³/mol. The molecular formula is C27H39N3O3. The van der Waals surface area contributed by atoms with Crippen LogP contribution in [-0.4, -0.2) is 60.9 Å². The Morgan fingerprint density at radius 1 is 1.09 bits per heavy atom. The molecule has 6 heteroatoms. The van der Waals surface area contributed by atoms with Crippen molar-refractivity contribution in [1.82, 2.24) is 9.88 Å². The summed E-state index contributed by atoms with van der Waals surface area (Å²) in [6.07, 6.45) is 10.4. The number of aliphatic carboxylic acids is 1. The number of carboxylic acids is 1. The van der Waals surface area contributed by atoms with E-state index in [0.717, 1.165) is 24.3 Å². The van der Waals surface area contributed by atoms with Crippen LogP contribution in [-0.2, 0) is 22.4 Å². The number of pyridine rings is 1. The van der Waals surface area contributed by atoms with Crippen molar-refractivity contribution in [3.8, 4) is 0 Å². The smallest absolute Gasteiger partial charge is 0.313 e. The second kappa shape index (κ2) is 14.0. The summed E-state index contributed by atoms with van der Waals surface area (Å²) in [5.74, 6) is -0.274. The van der Waals surface area contributed by atoms with Crippen LogP contribution in [0.2, 0.25) is 0 Å². The molecule has 3 heterocycles. The Balaban J connectivity index is 0.000000205. The average molecular weight is 454 g/mol. The van der Waals surface area contributed by atoms with Gasteiger partial charge in [0.05, 0.1) is 6.61 Å². The quantitative estimate of drug-likeness (QED) is 0.534. The van der Waals surface area contributed by atoms with Gasteiger partial charge in [0, 0.05) is 19.3 Å². The fraction of sp³-hybridized carbons (Fsp3) is 0.556. The van der Waals surface area contributed by atoms with Crippen LogP contribution in [0.25, 0.3) is 0 Å². The van der Waals surface area contributed by atoms with Crippen molar-refractivity contribution in [2.45, 2.75) is 57.3 Å². The number of carboxylic acid groups (broad SMARTS) is 1. The van der Waals surface area contributed by atoms with Crippen LogP contribution in [0, 0.1) is 0 Å². The topological polar surface area (TPSA) is 74.7 Å². The number of benzene rings is 1. The number of carbonyl (C=O) groups is 1. The third kappa shape index (κ3) is 8.45. The molecule has 1 fully saturated rings. The molecule has 0 spiro atoms. The first-order chi connectivity index (χ1) is 16.2. The number of methoxy groups -OCH3 is 1. The van der Waals surface area contributed by atoms with Gasteiger partial charge in [0.2, 0.25) is 0 Å². The zero-order chi connectivity index (χ0) is 23.3. The Bertz CT molecular complexity index is 838. The number of rotatable bonds is 9. The van der Waals surface area contributed by atoms with E-state index >= 15 is 0 Å². The SMILES string of the molecule is COCC(C(=O)O)c1ccccc1.c1cc2c(nc1CCCCN1CCCCC1)NCCC2. The van der Waals surface area contributed by atoms with Gasteiger partial charge in [-0.05, 0) is 81.8 Å². The lowest BCUT2D eigenvalue weighted by Crippen LogP contribution is -2.30. The van der Waals surface area contributed by atoms with Crippen molar-refractivity contribution in [1.29, 1.82) is 0 Å². The first-order valence-corrected chi connectivity index (χ1v) is 12.4. The fourth-order valence-electron chi connectivity index (χ4n) is 4.49. The maximum atomic E-state index is 10.8.